The molecule has 0 amide bonds. The van der Waals surface area contributed by atoms with Gasteiger partial charge in [-0.2, -0.15) is 0 Å². The standard InChI is InChI=1S/C21H23ClN2O5S/c1-3-8-27-10-13-9-21(17(25)28-13)12-20(2,29-18(21)26)16-11-30-19(24-16)23-15-7-5-4-6-14(15)22/h4-7,11,13H,3,8-10,12H2,1-2H3,(H,23,24)/t13-,20+,21-/m0/s1. The molecule has 3 heterocycles. The van der Waals surface area contributed by atoms with Crippen LogP contribution in [-0.4, -0.2) is 36.2 Å². The van der Waals surface area contributed by atoms with Crippen LogP contribution in [0.3, 0.4) is 0 Å². The average molecular weight is 451 g/mol. The highest BCUT2D eigenvalue weighted by Crippen LogP contribution is 2.52. The van der Waals surface area contributed by atoms with E-state index in [1.807, 2.05) is 30.5 Å². The normalized spacial score (nSPS) is 28.0. The molecule has 0 radical (unpaired) electrons. The summed E-state index contributed by atoms with van der Waals surface area (Å²) >= 11 is 7.57. The van der Waals surface area contributed by atoms with Crippen LogP contribution in [0, 0.1) is 5.41 Å². The van der Waals surface area contributed by atoms with Crippen molar-refractivity contribution >= 4 is 45.7 Å². The molecule has 1 aromatic carbocycles. The highest BCUT2D eigenvalue weighted by Gasteiger charge is 2.65. The maximum absolute atomic E-state index is 12.8. The van der Waals surface area contributed by atoms with Crippen LogP contribution in [0.1, 0.15) is 38.8 Å². The summed E-state index contributed by atoms with van der Waals surface area (Å²) in [6.45, 7) is 4.66. The summed E-state index contributed by atoms with van der Waals surface area (Å²) in [5.41, 5.74) is -0.980. The summed E-state index contributed by atoms with van der Waals surface area (Å²) in [6.07, 6.45) is 0.892. The maximum atomic E-state index is 12.8. The Balaban J connectivity index is 1.50. The van der Waals surface area contributed by atoms with E-state index in [1.54, 1.807) is 13.0 Å². The summed E-state index contributed by atoms with van der Waals surface area (Å²) in [7, 11) is 0. The van der Waals surface area contributed by atoms with Crippen molar-refractivity contribution in [2.24, 2.45) is 5.41 Å². The number of hydrogen-bond donors (Lipinski definition) is 1. The van der Waals surface area contributed by atoms with E-state index >= 15 is 0 Å². The molecule has 0 bridgehead atoms. The molecule has 7 nitrogen and oxygen atoms in total. The first-order chi connectivity index (χ1) is 14.4. The van der Waals surface area contributed by atoms with E-state index in [9.17, 15) is 9.59 Å². The zero-order valence-corrected chi connectivity index (χ0v) is 18.3. The minimum Gasteiger partial charge on any atom is -0.459 e. The minimum absolute atomic E-state index is 0.192. The van der Waals surface area contributed by atoms with Gasteiger partial charge in [-0.05, 0) is 25.5 Å². The van der Waals surface area contributed by atoms with Crippen molar-refractivity contribution in [2.45, 2.75) is 44.8 Å². The largest absolute Gasteiger partial charge is 0.459 e. The van der Waals surface area contributed by atoms with Crippen molar-refractivity contribution in [1.29, 1.82) is 0 Å². The Bertz CT molecular complexity index is 966. The van der Waals surface area contributed by atoms with Gasteiger partial charge in [0.25, 0.3) is 0 Å². The lowest BCUT2D eigenvalue weighted by Crippen LogP contribution is -2.32. The fourth-order valence-electron chi connectivity index (χ4n) is 3.92. The Kier molecular flexibility index (Phi) is 5.74. The van der Waals surface area contributed by atoms with Gasteiger partial charge in [-0.25, -0.2) is 4.98 Å². The predicted octanol–water partition coefficient (Wildman–Crippen LogP) is 4.43. The number of carbonyl (C=O) groups excluding carboxylic acids is 2. The summed E-state index contributed by atoms with van der Waals surface area (Å²) < 4.78 is 16.6. The van der Waals surface area contributed by atoms with Crippen molar-refractivity contribution in [3.05, 3.63) is 40.4 Å². The summed E-state index contributed by atoms with van der Waals surface area (Å²) in [5, 5.41) is 6.21. The number of anilines is 2. The Morgan fingerprint density at radius 2 is 2.13 bits per heavy atom. The SMILES string of the molecule is CCCOC[C@@H]1C[C@]2(C[C@](C)(c3csc(Nc4ccccc4Cl)n3)OC2=O)C(=O)O1. The smallest absolute Gasteiger partial charge is 0.324 e. The monoisotopic (exact) mass is 450 g/mol. The Labute approximate surface area is 183 Å². The van der Waals surface area contributed by atoms with Crippen LogP contribution in [0.15, 0.2) is 29.6 Å². The van der Waals surface area contributed by atoms with E-state index in [2.05, 4.69) is 10.3 Å². The van der Waals surface area contributed by atoms with Crippen molar-refractivity contribution in [1.82, 2.24) is 4.98 Å². The number of aromatic nitrogens is 1. The first-order valence-corrected chi connectivity index (χ1v) is 11.1. The average Bonchev–Trinajstić information content (AvgIpc) is 3.36. The quantitative estimate of drug-likeness (QED) is 0.379. The first kappa shape index (κ1) is 21.1. The lowest BCUT2D eigenvalue weighted by Gasteiger charge is -2.20. The van der Waals surface area contributed by atoms with Crippen LogP contribution < -0.4 is 5.32 Å². The van der Waals surface area contributed by atoms with E-state index in [1.165, 1.54) is 11.3 Å². The maximum Gasteiger partial charge on any atom is 0.324 e. The van der Waals surface area contributed by atoms with Gasteiger partial charge in [0, 0.05) is 24.8 Å². The van der Waals surface area contributed by atoms with E-state index < -0.39 is 29.1 Å². The second-order valence-corrected chi connectivity index (χ2v) is 9.09. The molecule has 2 aromatic rings. The molecule has 2 aliphatic rings. The van der Waals surface area contributed by atoms with Gasteiger partial charge in [0.2, 0.25) is 0 Å². The van der Waals surface area contributed by atoms with Gasteiger partial charge in [0.1, 0.15) is 6.10 Å². The highest BCUT2D eigenvalue weighted by molar-refractivity contribution is 7.13. The number of rotatable bonds is 7. The molecule has 2 fully saturated rings. The van der Waals surface area contributed by atoms with Gasteiger partial charge in [-0.1, -0.05) is 30.7 Å². The molecule has 2 aliphatic heterocycles. The number of nitrogens with zero attached hydrogens (tertiary/aromatic N) is 1. The summed E-state index contributed by atoms with van der Waals surface area (Å²) in [5.74, 6) is -1.09. The van der Waals surface area contributed by atoms with Gasteiger partial charge < -0.3 is 19.5 Å². The zero-order valence-electron chi connectivity index (χ0n) is 16.8. The van der Waals surface area contributed by atoms with Crippen molar-refractivity contribution in [3.8, 4) is 0 Å². The van der Waals surface area contributed by atoms with Crippen LogP contribution >= 0.6 is 22.9 Å². The molecule has 1 N–H and O–H groups in total. The second-order valence-electron chi connectivity index (χ2n) is 7.83. The van der Waals surface area contributed by atoms with Gasteiger partial charge in [-0.3, -0.25) is 9.59 Å². The number of benzene rings is 1. The molecule has 0 aliphatic carbocycles. The number of thiazole rings is 1. The third-order valence-corrected chi connectivity index (χ3v) is 6.49. The lowest BCUT2D eigenvalue weighted by molar-refractivity contribution is -0.160. The molecule has 1 aromatic heterocycles. The van der Waals surface area contributed by atoms with Crippen molar-refractivity contribution < 1.29 is 23.8 Å². The lowest BCUT2D eigenvalue weighted by atomic mass is 9.78. The fraction of sp³-hybridized carbons (Fsp3) is 0.476. The van der Waals surface area contributed by atoms with E-state index in [0.717, 1.165) is 12.1 Å². The van der Waals surface area contributed by atoms with E-state index in [-0.39, 0.29) is 19.4 Å². The zero-order chi connectivity index (χ0) is 21.4. The van der Waals surface area contributed by atoms with Gasteiger partial charge in [-0.15, -0.1) is 11.3 Å². The van der Waals surface area contributed by atoms with Crippen LogP contribution in [0.4, 0.5) is 10.8 Å². The molecule has 0 saturated carbocycles. The molecule has 0 unspecified atom stereocenters. The molecule has 9 heteroatoms. The number of halogens is 1. The van der Waals surface area contributed by atoms with Crippen molar-refractivity contribution in [3.63, 3.8) is 0 Å². The molecule has 4 rings (SSSR count). The molecule has 1 spiro atoms. The summed E-state index contributed by atoms with van der Waals surface area (Å²) in [4.78, 5) is 30.0. The Morgan fingerprint density at radius 1 is 1.33 bits per heavy atom. The van der Waals surface area contributed by atoms with Crippen LogP contribution in [-0.2, 0) is 29.4 Å². The topological polar surface area (TPSA) is 86.8 Å². The van der Waals surface area contributed by atoms with Crippen LogP contribution in [0.25, 0.3) is 0 Å². The van der Waals surface area contributed by atoms with Gasteiger partial charge >= 0.3 is 11.9 Å². The number of para-hydroxylation sites is 1. The van der Waals surface area contributed by atoms with Gasteiger partial charge in [0.15, 0.2) is 16.1 Å². The molecule has 160 valence electrons. The number of hydrogen-bond acceptors (Lipinski definition) is 8. The van der Waals surface area contributed by atoms with E-state index in [4.69, 9.17) is 25.8 Å². The highest BCUT2D eigenvalue weighted by atomic mass is 35.5. The number of nitrogens with one attached hydrogen (secondary N) is 1. The molecular formula is C21H23ClN2O5S. The van der Waals surface area contributed by atoms with Crippen LogP contribution in [0.2, 0.25) is 5.02 Å². The first-order valence-electron chi connectivity index (χ1n) is 9.86. The fourth-order valence-corrected chi connectivity index (χ4v) is 4.95. The number of esters is 2. The third kappa shape index (κ3) is 3.79. The second kappa shape index (κ2) is 8.17. The Hall–Kier alpha value is -2.16. The summed E-state index contributed by atoms with van der Waals surface area (Å²) in [6, 6.07) is 7.36. The number of cyclic esters (lactones) is 2. The molecule has 30 heavy (non-hydrogen) atoms. The Morgan fingerprint density at radius 3 is 2.90 bits per heavy atom. The predicted molar refractivity (Wildman–Crippen MR) is 113 cm³/mol. The minimum atomic E-state index is -1.30. The van der Waals surface area contributed by atoms with Crippen LogP contribution in [0.5, 0.6) is 0 Å². The van der Waals surface area contributed by atoms with Gasteiger partial charge in [0.05, 0.1) is 23.0 Å². The number of ether oxygens (including phenoxy) is 3. The molecule has 2 saturated heterocycles. The van der Waals surface area contributed by atoms with E-state index in [0.29, 0.717) is 22.5 Å². The molecule has 3 atom stereocenters. The third-order valence-electron chi connectivity index (χ3n) is 5.40. The number of carbonyl (C=O) groups is 2. The van der Waals surface area contributed by atoms with Crippen molar-refractivity contribution in [2.75, 3.05) is 18.5 Å². The molecular weight excluding hydrogens is 428 g/mol.